The first-order chi connectivity index (χ1) is 8.31. The summed E-state index contributed by atoms with van der Waals surface area (Å²) in [4.78, 5) is 12.2. The highest BCUT2D eigenvalue weighted by molar-refractivity contribution is 5.47. The summed E-state index contributed by atoms with van der Waals surface area (Å²) in [6.45, 7) is 4.94. The second-order valence-corrected chi connectivity index (χ2v) is 3.37. The molecule has 0 saturated heterocycles. The van der Waals surface area contributed by atoms with Crippen molar-refractivity contribution in [3.63, 3.8) is 0 Å². The summed E-state index contributed by atoms with van der Waals surface area (Å²) in [6, 6.07) is 0. The molecule has 2 heterocycles. The van der Waals surface area contributed by atoms with Crippen molar-refractivity contribution >= 4 is 5.82 Å². The number of anilines is 1. The van der Waals surface area contributed by atoms with Crippen LogP contribution in [0.3, 0.4) is 0 Å². The molecule has 0 fully saturated rings. The number of aromatic nitrogens is 5. The van der Waals surface area contributed by atoms with Crippen molar-refractivity contribution in [3.05, 3.63) is 24.0 Å². The first-order valence-corrected chi connectivity index (χ1v) is 5.33. The van der Waals surface area contributed by atoms with Crippen LogP contribution in [-0.2, 0) is 6.54 Å². The Hall–Kier alpha value is -2.18. The van der Waals surface area contributed by atoms with Crippen LogP contribution < -0.4 is 10.1 Å². The fourth-order valence-corrected chi connectivity index (χ4v) is 1.38. The molecule has 7 heteroatoms. The van der Waals surface area contributed by atoms with Crippen molar-refractivity contribution in [2.24, 2.45) is 0 Å². The minimum absolute atomic E-state index is 0.531. The van der Waals surface area contributed by atoms with Gasteiger partial charge in [0.1, 0.15) is 24.3 Å². The number of H-pyrrole nitrogens is 1. The van der Waals surface area contributed by atoms with Crippen LogP contribution in [0.5, 0.6) is 5.88 Å². The van der Waals surface area contributed by atoms with Crippen molar-refractivity contribution in [2.45, 2.75) is 20.4 Å². The largest absolute Gasteiger partial charge is 0.478 e. The first-order valence-electron chi connectivity index (χ1n) is 5.33. The van der Waals surface area contributed by atoms with E-state index in [1.54, 1.807) is 0 Å². The summed E-state index contributed by atoms with van der Waals surface area (Å²) in [5.74, 6) is 2.09. The molecule has 0 spiro atoms. The van der Waals surface area contributed by atoms with Gasteiger partial charge >= 0.3 is 0 Å². The van der Waals surface area contributed by atoms with E-state index in [0.717, 1.165) is 17.2 Å². The van der Waals surface area contributed by atoms with Gasteiger partial charge in [-0.05, 0) is 13.8 Å². The Morgan fingerprint density at radius 1 is 1.29 bits per heavy atom. The van der Waals surface area contributed by atoms with E-state index in [4.69, 9.17) is 4.74 Å². The summed E-state index contributed by atoms with van der Waals surface area (Å²) in [5, 5.41) is 9.69. The van der Waals surface area contributed by atoms with Gasteiger partial charge in [0.2, 0.25) is 5.88 Å². The second-order valence-electron chi connectivity index (χ2n) is 3.37. The average molecular weight is 234 g/mol. The van der Waals surface area contributed by atoms with Gasteiger partial charge in [0.25, 0.3) is 0 Å². The van der Waals surface area contributed by atoms with E-state index in [-0.39, 0.29) is 0 Å². The van der Waals surface area contributed by atoms with Crippen LogP contribution in [0.25, 0.3) is 0 Å². The van der Waals surface area contributed by atoms with Gasteiger partial charge in [-0.3, -0.25) is 5.10 Å². The molecule has 0 saturated carbocycles. The SMILES string of the molecule is CCOc1ncnc(NCc2ncn[nH]2)c1C. The molecule has 0 unspecified atom stereocenters. The number of hydrogen-bond acceptors (Lipinski definition) is 6. The van der Waals surface area contributed by atoms with Crippen LogP contribution >= 0.6 is 0 Å². The maximum absolute atomic E-state index is 5.39. The Kier molecular flexibility index (Phi) is 3.49. The third kappa shape index (κ3) is 2.68. The Labute approximate surface area is 98.7 Å². The lowest BCUT2D eigenvalue weighted by molar-refractivity contribution is 0.324. The highest BCUT2D eigenvalue weighted by Crippen LogP contribution is 2.20. The standard InChI is InChI=1S/C10H14N6O/c1-3-17-10-7(2)9(13-5-14-10)11-4-8-12-6-15-16-8/h5-6H,3-4H2,1-2H3,(H,11,13,14)(H,12,15,16). The van der Waals surface area contributed by atoms with Crippen molar-refractivity contribution in [1.29, 1.82) is 0 Å². The van der Waals surface area contributed by atoms with Crippen LogP contribution in [-0.4, -0.2) is 31.8 Å². The second kappa shape index (κ2) is 5.24. The smallest absolute Gasteiger partial charge is 0.221 e. The summed E-state index contributed by atoms with van der Waals surface area (Å²) in [7, 11) is 0. The Bertz CT molecular complexity index is 470. The molecule has 2 aromatic rings. The molecule has 0 aliphatic rings. The van der Waals surface area contributed by atoms with Crippen molar-refractivity contribution in [2.75, 3.05) is 11.9 Å². The number of ether oxygens (including phenoxy) is 1. The van der Waals surface area contributed by atoms with Gasteiger partial charge in [-0.15, -0.1) is 0 Å². The molecule has 7 nitrogen and oxygen atoms in total. The Morgan fingerprint density at radius 2 is 2.18 bits per heavy atom. The molecule has 90 valence electrons. The predicted molar refractivity (Wildman–Crippen MR) is 61.6 cm³/mol. The predicted octanol–water partition coefficient (Wildman–Crippen LogP) is 0.914. The average Bonchev–Trinajstić information content (AvgIpc) is 2.83. The Balaban J connectivity index is 2.07. The third-order valence-corrected chi connectivity index (χ3v) is 2.21. The molecule has 17 heavy (non-hydrogen) atoms. The quantitative estimate of drug-likeness (QED) is 0.799. The fourth-order valence-electron chi connectivity index (χ4n) is 1.38. The van der Waals surface area contributed by atoms with E-state index in [0.29, 0.717) is 19.0 Å². The zero-order valence-corrected chi connectivity index (χ0v) is 9.77. The van der Waals surface area contributed by atoms with E-state index in [1.807, 2.05) is 13.8 Å². The van der Waals surface area contributed by atoms with Crippen molar-refractivity contribution < 1.29 is 4.74 Å². The molecule has 0 bridgehead atoms. The highest BCUT2D eigenvalue weighted by Gasteiger charge is 2.07. The number of aromatic amines is 1. The van der Waals surface area contributed by atoms with Gasteiger partial charge in [-0.2, -0.15) is 5.10 Å². The normalized spacial score (nSPS) is 10.2. The first kappa shape index (κ1) is 11.3. The van der Waals surface area contributed by atoms with Gasteiger partial charge in [0, 0.05) is 0 Å². The summed E-state index contributed by atoms with van der Waals surface area (Å²) in [5.41, 5.74) is 0.883. The molecule has 0 atom stereocenters. The van der Waals surface area contributed by atoms with Gasteiger partial charge in [0.05, 0.1) is 18.7 Å². The highest BCUT2D eigenvalue weighted by atomic mass is 16.5. The number of nitrogens with one attached hydrogen (secondary N) is 2. The van der Waals surface area contributed by atoms with Gasteiger partial charge < -0.3 is 10.1 Å². The van der Waals surface area contributed by atoms with Gasteiger partial charge in [-0.1, -0.05) is 0 Å². The Morgan fingerprint density at radius 3 is 2.88 bits per heavy atom. The zero-order chi connectivity index (χ0) is 12.1. The number of rotatable bonds is 5. The molecule has 2 N–H and O–H groups in total. The zero-order valence-electron chi connectivity index (χ0n) is 9.77. The van der Waals surface area contributed by atoms with Crippen LogP contribution in [0.15, 0.2) is 12.7 Å². The van der Waals surface area contributed by atoms with Crippen molar-refractivity contribution in [1.82, 2.24) is 25.1 Å². The van der Waals surface area contributed by atoms with E-state index in [9.17, 15) is 0 Å². The molecule has 0 amide bonds. The monoisotopic (exact) mass is 234 g/mol. The molecule has 2 rings (SSSR count). The maximum atomic E-state index is 5.39. The molecule has 0 aliphatic heterocycles. The van der Waals surface area contributed by atoms with E-state index in [1.165, 1.54) is 12.7 Å². The minimum Gasteiger partial charge on any atom is -0.478 e. The number of nitrogens with zero attached hydrogens (tertiary/aromatic N) is 4. The molecular formula is C10H14N6O. The van der Waals surface area contributed by atoms with Crippen molar-refractivity contribution in [3.8, 4) is 5.88 Å². The lowest BCUT2D eigenvalue weighted by atomic mass is 10.3. The lowest BCUT2D eigenvalue weighted by Crippen LogP contribution is -2.07. The number of hydrogen-bond donors (Lipinski definition) is 2. The van der Waals surface area contributed by atoms with E-state index < -0.39 is 0 Å². The van der Waals surface area contributed by atoms with E-state index >= 15 is 0 Å². The third-order valence-electron chi connectivity index (χ3n) is 2.21. The minimum atomic E-state index is 0.531. The lowest BCUT2D eigenvalue weighted by Gasteiger charge is -2.10. The molecule has 0 radical (unpaired) electrons. The van der Waals surface area contributed by atoms with Crippen LogP contribution in [0.1, 0.15) is 18.3 Å². The molecule has 0 aromatic carbocycles. The fraction of sp³-hybridized carbons (Fsp3) is 0.400. The molecule has 2 aromatic heterocycles. The molecular weight excluding hydrogens is 220 g/mol. The van der Waals surface area contributed by atoms with Crippen LogP contribution in [0.2, 0.25) is 0 Å². The summed E-state index contributed by atoms with van der Waals surface area (Å²) in [6.07, 6.45) is 2.94. The molecule has 0 aliphatic carbocycles. The van der Waals surface area contributed by atoms with Crippen LogP contribution in [0, 0.1) is 6.92 Å². The van der Waals surface area contributed by atoms with E-state index in [2.05, 4.69) is 30.5 Å². The van der Waals surface area contributed by atoms with Gasteiger partial charge in [-0.25, -0.2) is 15.0 Å². The summed E-state index contributed by atoms with van der Waals surface area (Å²) >= 11 is 0. The summed E-state index contributed by atoms with van der Waals surface area (Å²) < 4.78 is 5.39. The maximum Gasteiger partial charge on any atom is 0.221 e. The topological polar surface area (TPSA) is 88.6 Å². The van der Waals surface area contributed by atoms with Gasteiger partial charge in [0.15, 0.2) is 0 Å². The van der Waals surface area contributed by atoms with Crippen LogP contribution in [0.4, 0.5) is 5.82 Å².